The second kappa shape index (κ2) is 5.92. The third-order valence-corrected chi connectivity index (χ3v) is 3.38. The van der Waals surface area contributed by atoms with E-state index in [0.717, 1.165) is 0 Å². The Balaban J connectivity index is 1.69. The summed E-state index contributed by atoms with van der Waals surface area (Å²) in [5.74, 6) is -2.87. The zero-order chi connectivity index (χ0) is 17.3. The number of carbonyl (C=O) groups excluding carboxylic acids is 4. The summed E-state index contributed by atoms with van der Waals surface area (Å²) < 4.78 is 0. The van der Waals surface area contributed by atoms with Crippen LogP contribution in [0.15, 0.2) is 42.6 Å². The average Bonchev–Trinajstić information content (AvgIpc) is 2.81. The normalized spacial score (nSPS) is 12.9. The molecule has 2 heterocycles. The minimum absolute atomic E-state index is 0.0625. The van der Waals surface area contributed by atoms with E-state index in [1.54, 1.807) is 12.1 Å². The molecule has 3 amide bonds. The summed E-state index contributed by atoms with van der Waals surface area (Å²) in [6.45, 7) is 0. The fourth-order valence-electron chi connectivity index (χ4n) is 2.23. The van der Waals surface area contributed by atoms with E-state index in [-0.39, 0.29) is 23.2 Å². The van der Waals surface area contributed by atoms with Crippen LogP contribution in [0.3, 0.4) is 0 Å². The van der Waals surface area contributed by atoms with Gasteiger partial charge in [0, 0.05) is 6.20 Å². The Kier molecular flexibility index (Phi) is 3.78. The number of nitrogens with zero attached hydrogens (tertiary/aromatic N) is 2. The molecule has 8 heteroatoms. The first-order chi connectivity index (χ1) is 11.5. The van der Waals surface area contributed by atoms with Crippen molar-refractivity contribution < 1.29 is 24.0 Å². The Morgan fingerprint density at radius 3 is 2.17 bits per heavy atom. The third kappa shape index (κ3) is 2.72. The number of fused-ring (bicyclic) bond motifs is 1. The van der Waals surface area contributed by atoms with Crippen molar-refractivity contribution >= 4 is 23.7 Å². The van der Waals surface area contributed by atoms with Crippen LogP contribution >= 0.6 is 0 Å². The molecule has 0 saturated heterocycles. The summed E-state index contributed by atoms with van der Waals surface area (Å²) in [4.78, 5) is 55.7. The van der Waals surface area contributed by atoms with Crippen molar-refractivity contribution in [2.75, 3.05) is 0 Å². The van der Waals surface area contributed by atoms with Crippen molar-refractivity contribution in [2.24, 2.45) is 5.73 Å². The van der Waals surface area contributed by atoms with Gasteiger partial charge in [-0.2, -0.15) is 0 Å². The molecule has 24 heavy (non-hydrogen) atoms. The van der Waals surface area contributed by atoms with E-state index in [9.17, 15) is 19.2 Å². The molecule has 120 valence electrons. The first-order valence-electron chi connectivity index (χ1n) is 6.90. The van der Waals surface area contributed by atoms with Gasteiger partial charge in [-0.15, -0.1) is 0 Å². The van der Waals surface area contributed by atoms with Crippen molar-refractivity contribution in [3.8, 4) is 0 Å². The van der Waals surface area contributed by atoms with Crippen LogP contribution in [0.4, 0.5) is 0 Å². The van der Waals surface area contributed by atoms with Crippen LogP contribution in [-0.2, 0) is 16.1 Å². The molecule has 0 unspecified atom stereocenters. The van der Waals surface area contributed by atoms with Gasteiger partial charge in [0.25, 0.3) is 17.7 Å². The summed E-state index contributed by atoms with van der Waals surface area (Å²) in [5, 5.41) is 0.443. The van der Waals surface area contributed by atoms with Gasteiger partial charge in [0.2, 0.25) is 0 Å². The van der Waals surface area contributed by atoms with Crippen LogP contribution in [0.2, 0.25) is 0 Å². The predicted molar refractivity (Wildman–Crippen MR) is 79.5 cm³/mol. The second-order valence-corrected chi connectivity index (χ2v) is 5.01. The van der Waals surface area contributed by atoms with E-state index in [2.05, 4.69) is 4.98 Å². The van der Waals surface area contributed by atoms with Gasteiger partial charge < -0.3 is 10.6 Å². The number of aromatic nitrogens is 1. The monoisotopic (exact) mass is 325 g/mol. The number of pyridine rings is 1. The highest BCUT2D eigenvalue weighted by atomic mass is 16.7. The molecule has 2 N–H and O–H groups in total. The molecule has 1 aliphatic heterocycles. The van der Waals surface area contributed by atoms with E-state index in [1.165, 1.54) is 30.5 Å². The first kappa shape index (κ1) is 15.3. The molecule has 0 atom stereocenters. The summed E-state index contributed by atoms with van der Waals surface area (Å²) in [6, 6.07) is 9.04. The lowest BCUT2D eigenvalue weighted by atomic mass is 10.1. The summed E-state index contributed by atoms with van der Waals surface area (Å²) >= 11 is 0. The molecule has 8 nitrogen and oxygen atoms in total. The maximum Gasteiger partial charge on any atom is 0.337 e. The Morgan fingerprint density at radius 2 is 1.67 bits per heavy atom. The van der Waals surface area contributed by atoms with Crippen molar-refractivity contribution in [1.29, 1.82) is 0 Å². The molecule has 0 fully saturated rings. The smallest absolute Gasteiger partial charge is 0.337 e. The fourth-order valence-corrected chi connectivity index (χ4v) is 2.23. The lowest BCUT2D eigenvalue weighted by Crippen LogP contribution is -2.33. The molecular weight excluding hydrogens is 314 g/mol. The van der Waals surface area contributed by atoms with Gasteiger partial charge in [-0.3, -0.25) is 19.4 Å². The minimum atomic E-state index is -0.807. The Morgan fingerprint density at radius 1 is 1.04 bits per heavy atom. The number of hydrogen-bond donors (Lipinski definition) is 1. The molecule has 0 aliphatic carbocycles. The second-order valence-electron chi connectivity index (χ2n) is 5.01. The van der Waals surface area contributed by atoms with Gasteiger partial charge in [0.1, 0.15) is 5.69 Å². The number of hydrogen-bond acceptors (Lipinski definition) is 6. The number of nitrogens with two attached hydrogens (primary N) is 1. The summed E-state index contributed by atoms with van der Waals surface area (Å²) in [6.07, 6.45) is 1.07. The van der Waals surface area contributed by atoms with Gasteiger partial charge in [-0.1, -0.05) is 23.3 Å². The SMILES string of the molecule is NC(=O)c1ccc(CC(=O)ON2C(=O)c3ccccc3C2=O)cn1. The molecule has 2 aromatic rings. The van der Waals surface area contributed by atoms with E-state index in [1.807, 2.05) is 0 Å². The third-order valence-electron chi connectivity index (χ3n) is 3.38. The minimum Gasteiger partial charge on any atom is -0.364 e. The molecule has 0 spiro atoms. The highest BCUT2D eigenvalue weighted by Crippen LogP contribution is 2.22. The highest BCUT2D eigenvalue weighted by molar-refractivity contribution is 6.20. The molecule has 1 aromatic carbocycles. The van der Waals surface area contributed by atoms with Crippen LogP contribution in [0.1, 0.15) is 36.8 Å². The highest BCUT2D eigenvalue weighted by Gasteiger charge is 2.38. The number of carbonyl (C=O) groups is 4. The van der Waals surface area contributed by atoms with Crippen LogP contribution in [0.25, 0.3) is 0 Å². The quantitative estimate of drug-likeness (QED) is 0.816. The van der Waals surface area contributed by atoms with Crippen molar-refractivity contribution in [2.45, 2.75) is 6.42 Å². The predicted octanol–water partition coefficient (Wildman–Crippen LogP) is 0.477. The zero-order valence-corrected chi connectivity index (χ0v) is 12.3. The summed E-state index contributed by atoms with van der Waals surface area (Å²) in [7, 11) is 0. The Hall–Kier alpha value is -3.55. The molecule has 1 aliphatic rings. The maximum absolute atomic E-state index is 12.1. The molecular formula is C16H11N3O5. The molecule has 3 rings (SSSR count). The maximum atomic E-state index is 12.1. The Labute approximate surface area is 135 Å². The first-order valence-corrected chi connectivity index (χ1v) is 6.90. The van der Waals surface area contributed by atoms with Crippen LogP contribution in [-0.4, -0.2) is 33.7 Å². The van der Waals surface area contributed by atoms with Crippen LogP contribution < -0.4 is 5.73 Å². The largest absolute Gasteiger partial charge is 0.364 e. The number of benzene rings is 1. The van der Waals surface area contributed by atoms with E-state index < -0.39 is 23.7 Å². The van der Waals surface area contributed by atoms with Gasteiger partial charge in [0.05, 0.1) is 17.5 Å². The lowest BCUT2D eigenvalue weighted by Gasteiger charge is -2.12. The number of rotatable bonds is 4. The standard InChI is InChI=1S/C16H11N3O5/c17-14(21)12-6-5-9(8-18-12)7-13(20)24-19-15(22)10-3-1-2-4-11(10)16(19)23/h1-6,8H,7H2,(H2,17,21). The number of imide groups is 1. The van der Waals surface area contributed by atoms with Gasteiger partial charge in [0.15, 0.2) is 0 Å². The molecule has 0 saturated carbocycles. The van der Waals surface area contributed by atoms with Crippen molar-refractivity contribution in [3.63, 3.8) is 0 Å². The number of primary amides is 1. The van der Waals surface area contributed by atoms with Crippen LogP contribution in [0, 0.1) is 0 Å². The molecule has 0 radical (unpaired) electrons. The van der Waals surface area contributed by atoms with Gasteiger partial charge in [-0.25, -0.2) is 4.79 Å². The van der Waals surface area contributed by atoms with Gasteiger partial charge in [-0.05, 0) is 23.8 Å². The van der Waals surface area contributed by atoms with E-state index in [4.69, 9.17) is 10.6 Å². The topological polar surface area (TPSA) is 120 Å². The lowest BCUT2D eigenvalue weighted by molar-refractivity contribution is -0.167. The van der Waals surface area contributed by atoms with Crippen molar-refractivity contribution in [1.82, 2.24) is 10.0 Å². The van der Waals surface area contributed by atoms with E-state index in [0.29, 0.717) is 10.6 Å². The number of hydroxylamine groups is 2. The van der Waals surface area contributed by atoms with Crippen molar-refractivity contribution in [3.05, 3.63) is 65.0 Å². The summed E-state index contributed by atoms with van der Waals surface area (Å²) in [5.41, 5.74) is 5.95. The molecule has 0 bridgehead atoms. The molecule has 1 aromatic heterocycles. The van der Waals surface area contributed by atoms with Gasteiger partial charge >= 0.3 is 5.97 Å². The number of amides is 3. The van der Waals surface area contributed by atoms with E-state index >= 15 is 0 Å². The fraction of sp³-hybridized carbons (Fsp3) is 0.0625. The van der Waals surface area contributed by atoms with Crippen LogP contribution in [0.5, 0.6) is 0 Å². The Bertz CT molecular complexity index is 825. The zero-order valence-electron chi connectivity index (χ0n) is 12.3. The average molecular weight is 325 g/mol.